The average molecular weight is 287 g/mol. The number of nitrogens with one attached hydrogen (secondary N) is 1. The highest BCUT2D eigenvalue weighted by molar-refractivity contribution is 5.01. The van der Waals surface area contributed by atoms with E-state index < -0.39 is 0 Å². The molecule has 1 aromatic rings. The first-order valence-electron chi connectivity index (χ1n) is 9.07. The molecule has 0 aliphatic heterocycles. The van der Waals surface area contributed by atoms with E-state index in [9.17, 15) is 0 Å². The molecule has 0 amide bonds. The summed E-state index contributed by atoms with van der Waals surface area (Å²) >= 11 is 0. The van der Waals surface area contributed by atoms with Crippen LogP contribution in [-0.4, -0.2) is 15.8 Å². The van der Waals surface area contributed by atoms with Crippen LogP contribution in [-0.2, 0) is 6.54 Å². The molecule has 4 rings (SSSR count). The summed E-state index contributed by atoms with van der Waals surface area (Å²) in [5, 5.41) is 8.55. The lowest BCUT2D eigenvalue weighted by atomic mass is 9.84. The quantitative estimate of drug-likeness (QED) is 0.889. The van der Waals surface area contributed by atoms with Crippen molar-refractivity contribution in [1.29, 1.82) is 0 Å². The lowest BCUT2D eigenvalue weighted by molar-refractivity contribution is 0.258. The first kappa shape index (κ1) is 13.8. The van der Waals surface area contributed by atoms with E-state index in [2.05, 4.69) is 29.2 Å². The van der Waals surface area contributed by atoms with Gasteiger partial charge in [0.1, 0.15) is 0 Å². The van der Waals surface area contributed by atoms with Gasteiger partial charge in [-0.1, -0.05) is 19.3 Å². The van der Waals surface area contributed by atoms with Crippen molar-refractivity contribution in [2.75, 3.05) is 0 Å². The molecular weight excluding hydrogens is 258 g/mol. The van der Waals surface area contributed by atoms with Gasteiger partial charge in [-0.25, -0.2) is 0 Å². The second-order valence-electron chi connectivity index (χ2n) is 7.73. The second kappa shape index (κ2) is 5.75. The van der Waals surface area contributed by atoms with Crippen molar-refractivity contribution in [2.45, 2.75) is 76.9 Å². The predicted octanol–water partition coefficient (Wildman–Crippen LogP) is 3.91. The minimum atomic E-state index is 0.650. The zero-order valence-electron chi connectivity index (χ0n) is 13.3. The summed E-state index contributed by atoms with van der Waals surface area (Å²) in [5.74, 6) is 2.97. The standard InChI is InChI=1S/C18H29N3/c1-13(18-11-14-6-7-15(18)10-14)19-12-16-8-9-21(20-16)17-4-2-3-5-17/h8-9,13-15,17-19H,2-7,10-12H2,1H3. The van der Waals surface area contributed by atoms with Crippen molar-refractivity contribution in [3.05, 3.63) is 18.0 Å². The molecule has 0 aromatic carbocycles. The monoisotopic (exact) mass is 287 g/mol. The Kier molecular flexibility index (Phi) is 3.78. The molecule has 116 valence electrons. The third-order valence-corrected chi connectivity index (χ3v) is 6.40. The molecular formula is C18H29N3. The van der Waals surface area contributed by atoms with Crippen LogP contribution in [0, 0.1) is 17.8 Å². The predicted molar refractivity (Wildman–Crippen MR) is 85.0 cm³/mol. The first-order chi connectivity index (χ1) is 10.3. The largest absolute Gasteiger partial charge is 0.308 e. The number of hydrogen-bond donors (Lipinski definition) is 1. The number of hydrogen-bond acceptors (Lipinski definition) is 2. The van der Waals surface area contributed by atoms with E-state index in [1.165, 1.54) is 57.1 Å². The van der Waals surface area contributed by atoms with E-state index >= 15 is 0 Å². The van der Waals surface area contributed by atoms with Crippen molar-refractivity contribution >= 4 is 0 Å². The van der Waals surface area contributed by atoms with E-state index in [1.54, 1.807) is 0 Å². The molecule has 3 fully saturated rings. The summed E-state index contributed by atoms with van der Waals surface area (Å²) in [6.07, 6.45) is 13.5. The van der Waals surface area contributed by atoms with Gasteiger partial charge in [0.05, 0.1) is 11.7 Å². The molecule has 3 saturated carbocycles. The molecule has 0 spiro atoms. The minimum absolute atomic E-state index is 0.650. The van der Waals surface area contributed by atoms with Crippen molar-refractivity contribution in [3.8, 4) is 0 Å². The summed E-state index contributed by atoms with van der Waals surface area (Å²) in [6.45, 7) is 3.33. The second-order valence-corrected chi connectivity index (χ2v) is 7.73. The van der Waals surface area contributed by atoms with Crippen LogP contribution in [0.3, 0.4) is 0 Å². The van der Waals surface area contributed by atoms with Gasteiger partial charge < -0.3 is 5.32 Å². The third-order valence-electron chi connectivity index (χ3n) is 6.40. The molecule has 0 saturated heterocycles. The molecule has 3 aliphatic carbocycles. The van der Waals surface area contributed by atoms with Crippen molar-refractivity contribution in [3.63, 3.8) is 0 Å². The van der Waals surface area contributed by atoms with Gasteiger partial charge in [0, 0.05) is 18.8 Å². The summed E-state index contributed by atoms with van der Waals surface area (Å²) in [7, 11) is 0. The molecule has 0 radical (unpaired) electrons. The normalized spacial score (nSPS) is 33.9. The van der Waals surface area contributed by atoms with E-state index in [1.807, 2.05) is 0 Å². The Bertz CT molecular complexity index is 475. The Morgan fingerprint density at radius 3 is 2.81 bits per heavy atom. The maximum Gasteiger partial charge on any atom is 0.0762 e. The van der Waals surface area contributed by atoms with Crippen LogP contribution in [0.4, 0.5) is 0 Å². The Morgan fingerprint density at radius 2 is 2.10 bits per heavy atom. The number of fused-ring (bicyclic) bond motifs is 2. The zero-order valence-corrected chi connectivity index (χ0v) is 13.3. The molecule has 1 aromatic heterocycles. The van der Waals surface area contributed by atoms with Gasteiger partial charge in [-0.15, -0.1) is 0 Å². The average Bonchev–Trinajstić information content (AvgIpc) is 3.28. The van der Waals surface area contributed by atoms with Gasteiger partial charge in [-0.3, -0.25) is 4.68 Å². The van der Waals surface area contributed by atoms with Gasteiger partial charge in [0.15, 0.2) is 0 Å². The number of rotatable bonds is 5. The molecule has 3 nitrogen and oxygen atoms in total. The topological polar surface area (TPSA) is 29.9 Å². The summed E-state index contributed by atoms with van der Waals surface area (Å²) in [4.78, 5) is 0. The Morgan fingerprint density at radius 1 is 1.24 bits per heavy atom. The smallest absolute Gasteiger partial charge is 0.0762 e. The third kappa shape index (κ3) is 2.77. The summed E-state index contributed by atoms with van der Waals surface area (Å²) < 4.78 is 2.21. The van der Waals surface area contributed by atoms with E-state index in [0.717, 1.165) is 24.3 Å². The van der Waals surface area contributed by atoms with Crippen molar-refractivity contribution < 1.29 is 0 Å². The molecule has 4 unspecified atom stereocenters. The van der Waals surface area contributed by atoms with Crippen molar-refractivity contribution in [1.82, 2.24) is 15.1 Å². The highest BCUT2D eigenvalue weighted by Crippen LogP contribution is 2.49. The lowest BCUT2D eigenvalue weighted by Crippen LogP contribution is -2.36. The van der Waals surface area contributed by atoms with Gasteiger partial charge in [0.25, 0.3) is 0 Å². The Hall–Kier alpha value is -0.830. The van der Waals surface area contributed by atoms with E-state index in [-0.39, 0.29) is 0 Å². The minimum Gasteiger partial charge on any atom is -0.308 e. The van der Waals surface area contributed by atoms with Gasteiger partial charge >= 0.3 is 0 Å². The van der Waals surface area contributed by atoms with E-state index in [0.29, 0.717) is 12.1 Å². The van der Waals surface area contributed by atoms with Crippen LogP contribution in [0.15, 0.2) is 12.3 Å². The zero-order chi connectivity index (χ0) is 14.2. The fourth-order valence-electron chi connectivity index (χ4n) is 5.17. The Balaban J connectivity index is 1.30. The van der Waals surface area contributed by atoms with Crippen LogP contribution in [0.25, 0.3) is 0 Å². The number of nitrogens with zero attached hydrogens (tertiary/aromatic N) is 2. The van der Waals surface area contributed by atoms with Crippen LogP contribution in [0.1, 0.15) is 70.0 Å². The van der Waals surface area contributed by atoms with Gasteiger partial charge in [0.2, 0.25) is 0 Å². The van der Waals surface area contributed by atoms with E-state index in [4.69, 9.17) is 5.10 Å². The molecule has 4 atom stereocenters. The summed E-state index contributed by atoms with van der Waals surface area (Å²) in [6, 6.07) is 3.53. The highest BCUT2D eigenvalue weighted by atomic mass is 15.3. The maximum absolute atomic E-state index is 4.79. The van der Waals surface area contributed by atoms with Crippen LogP contribution >= 0.6 is 0 Å². The first-order valence-corrected chi connectivity index (χ1v) is 9.07. The number of aromatic nitrogens is 2. The SMILES string of the molecule is CC(NCc1ccn(C2CCCC2)n1)C1CC2CCC1C2. The van der Waals surface area contributed by atoms with Crippen molar-refractivity contribution in [2.24, 2.45) is 17.8 Å². The molecule has 2 bridgehead atoms. The molecule has 3 heteroatoms. The fourth-order valence-corrected chi connectivity index (χ4v) is 5.17. The molecule has 1 heterocycles. The molecule has 21 heavy (non-hydrogen) atoms. The summed E-state index contributed by atoms with van der Waals surface area (Å²) in [5.41, 5.74) is 1.22. The maximum atomic E-state index is 4.79. The molecule has 1 N–H and O–H groups in total. The van der Waals surface area contributed by atoms with Crippen LogP contribution in [0.2, 0.25) is 0 Å². The highest BCUT2D eigenvalue weighted by Gasteiger charge is 2.41. The lowest BCUT2D eigenvalue weighted by Gasteiger charge is -2.28. The van der Waals surface area contributed by atoms with Gasteiger partial charge in [-0.05, 0) is 62.8 Å². The fraction of sp³-hybridized carbons (Fsp3) is 0.833. The molecule has 3 aliphatic rings. The van der Waals surface area contributed by atoms with Crippen LogP contribution in [0.5, 0.6) is 0 Å². The Labute approximate surface area is 128 Å². The van der Waals surface area contributed by atoms with Gasteiger partial charge in [-0.2, -0.15) is 5.10 Å². The van der Waals surface area contributed by atoms with Crippen LogP contribution < -0.4 is 5.32 Å².